The first-order valence-corrected chi connectivity index (χ1v) is 12.4. The van der Waals surface area contributed by atoms with Crippen LogP contribution in [0.2, 0.25) is 0 Å². The second kappa shape index (κ2) is 10.4. The van der Waals surface area contributed by atoms with Gasteiger partial charge < -0.3 is 19.5 Å². The molecular formula is C29H25F3N4O4. The standard InChI is InChI=1S/C29H25F3N4O4/c1-4-39-26(37)24-23-25(36(35-24)21-8-6-5-7-9-21)40-27(33-20-14-10-18(2)11-15-20)34-28(23,29(30,31)32)19-12-16-22(38-3)17-13-19/h5-17H,4H2,1-3H3,(H,33,34)/t28-/m0/s1. The van der Waals surface area contributed by atoms with Crippen LogP contribution in [0.25, 0.3) is 5.69 Å². The minimum atomic E-state index is -5.05. The molecule has 4 aromatic rings. The highest BCUT2D eigenvalue weighted by Gasteiger charge is 2.64. The summed E-state index contributed by atoms with van der Waals surface area (Å²) >= 11 is 0. The van der Waals surface area contributed by atoms with E-state index in [4.69, 9.17) is 14.2 Å². The Kier molecular flexibility index (Phi) is 6.97. The SMILES string of the molecule is CCOC(=O)c1nn(-c2ccccc2)c2c1[C@@](c1ccc(OC)cc1)(C(F)(F)F)N=C(Nc1ccc(C)cc1)O2. The number of hydrogen-bond acceptors (Lipinski definition) is 7. The lowest BCUT2D eigenvalue weighted by molar-refractivity contribution is -0.177. The molecule has 1 atom stereocenters. The Morgan fingerprint density at radius 2 is 1.70 bits per heavy atom. The van der Waals surface area contributed by atoms with E-state index in [1.54, 1.807) is 61.5 Å². The monoisotopic (exact) mass is 550 g/mol. The average molecular weight is 551 g/mol. The fourth-order valence-corrected chi connectivity index (χ4v) is 4.46. The quantitative estimate of drug-likeness (QED) is 0.295. The molecule has 0 amide bonds. The number of carbonyl (C=O) groups is 1. The van der Waals surface area contributed by atoms with Gasteiger partial charge in [0.25, 0.3) is 6.02 Å². The normalized spacial score (nSPS) is 16.4. The van der Waals surface area contributed by atoms with E-state index < -0.39 is 35.0 Å². The van der Waals surface area contributed by atoms with Crippen molar-refractivity contribution in [1.82, 2.24) is 9.78 Å². The third-order valence-corrected chi connectivity index (χ3v) is 6.36. The fourth-order valence-electron chi connectivity index (χ4n) is 4.46. The van der Waals surface area contributed by atoms with Gasteiger partial charge in [-0.3, -0.25) is 0 Å². The smallest absolute Gasteiger partial charge is 0.422 e. The maximum absolute atomic E-state index is 15.5. The number of nitrogens with zero attached hydrogens (tertiary/aromatic N) is 3. The number of para-hydroxylation sites is 1. The number of aromatic nitrogens is 2. The van der Waals surface area contributed by atoms with E-state index in [9.17, 15) is 4.79 Å². The van der Waals surface area contributed by atoms with Crippen LogP contribution >= 0.6 is 0 Å². The van der Waals surface area contributed by atoms with Gasteiger partial charge in [-0.1, -0.05) is 48.0 Å². The molecule has 206 valence electrons. The Bertz CT molecular complexity index is 1550. The minimum Gasteiger partial charge on any atom is -0.497 e. The van der Waals surface area contributed by atoms with E-state index in [0.717, 1.165) is 10.2 Å². The summed E-state index contributed by atoms with van der Waals surface area (Å²) in [6.45, 7) is 3.37. The summed E-state index contributed by atoms with van der Waals surface area (Å²) in [6.07, 6.45) is -5.05. The zero-order valence-electron chi connectivity index (χ0n) is 21.8. The Morgan fingerprint density at radius 3 is 2.30 bits per heavy atom. The van der Waals surface area contributed by atoms with Crippen LogP contribution in [0, 0.1) is 6.92 Å². The highest BCUT2D eigenvalue weighted by molar-refractivity contribution is 5.96. The van der Waals surface area contributed by atoms with E-state index in [1.165, 1.54) is 31.4 Å². The second-order valence-electron chi connectivity index (χ2n) is 8.94. The number of benzene rings is 3. The number of hydrogen-bond donors (Lipinski definition) is 1. The van der Waals surface area contributed by atoms with E-state index in [2.05, 4.69) is 15.4 Å². The molecule has 0 fully saturated rings. The van der Waals surface area contributed by atoms with Crippen molar-refractivity contribution in [2.45, 2.75) is 25.6 Å². The van der Waals surface area contributed by atoms with Crippen LogP contribution in [-0.4, -0.2) is 41.7 Å². The number of amidine groups is 1. The van der Waals surface area contributed by atoms with Gasteiger partial charge in [0, 0.05) is 5.69 Å². The van der Waals surface area contributed by atoms with Gasteiger partial charge in [-0.05, 0) is 55.8 Å². The van der Waals surface area contributed by atoms with Crippen molar-refractivity contribution in [1.29, 1.82) is 0 Å². The maximum atomic E-state index is 15.5. The molecule has 0 spiro atoms. The molecule has 0 unspecified atom stereocenters. The molecule has 0 radical (unpaired) electrons. The first-order valence-electron chi connectivity index (χ1n) is 12.4. The molecule has 1 aliphatic heterocycles. The van der Waals surface area contributed by atoms with Gasteiger partial charge in [-0.25, -0.2) is 9.79 Å². The van der Waals surface area contributed by atoms with Gasteiger partial charge in [-0.2, -0.15) is 23.0 Å². The molecule has 11 heteroatoms. The van der Waals surface area contributed by atoms with Gasteiger partial charge in [0.2, 0.25) is 11.4 Å². The first kappa shape index (κ1) is 26.8. The molecular weight excluding hydrogens is 525 g/mol. The Morgan fingerprint density at radius 1 is 1.02 bits per heavy atom. The van der Waals surface area contributed by atoms with Crippen LogP contribution in [-0.2, 0) is 10.3 Å². The van der Waals surface area contributed by atoms with Crippen LogP contribution in [0.3, 0.4) is 0 Å². The summed E-state index contributed by atoms with van der Waals surface area (Å²) in [5.74, 6) is -1.02. The lowest BCUT2D eigenvalue weighted by Crippen LogP contribution is -2.47. The first-order chi connectivity index (χ1) is 19.2. The molecule has 0 bridgehead atoms. The summed E-state index contributed by atoms with van der Waals surface area (Å²) in [4.78, 5) is 17.2. The van der Waals surface area contributed by atoms with Crippen molar-refractivity contribution < 1.29 is 32.2 Å². The molecule has 0 aliphatic carbocycles. The molecule has 3 aromatic carbocycles. The maximum Gasteiger partial charge on any atom is 0.422 e. The molecule has 0 saturated carbocycles. The van der Waals surface area contributed by atoms with Crippen molar-refractivity contribution in [3.05, 3.63) is 101 Å². The minimum absolute atomic E-state index is 0.0717. The highest BCUT2D eigenvalue weighted by atomic mass is 19.4. The van der Waals surface area contributed by atoms with Crippen LogP contribution in [0.15, 0.2) is 83.9 Å². The summed E-state index contributed by atoms with van der Waals surface area (Å²) < 4.78 is 64.0. The second-order valence-corrected chi connectivity index (χ2v) is 8.94. The lowest BCUT2D eigenvalue weighted by atomic mass is 9.81. The molecule has 1 N–H and O–H groups in total. The van der Waals surface area contributed by atoms with E-state index >= 15 is 13.2 Å². The van der Waals surface area contributed by atoms with Gasteiger partial charge in [-0.15, -0.1) is 0 Å². The Balaban J connectivity index is 1.83. The van der Waals surface area contributed by atoms with E-state index in [-0.39, 0.29) is 18.1 Å². The number of anilines is 1. The van der Waals surface area contributed by atoms with Crippen LogP contribution in [0.1, 0.15) is 34.1 Å². The van der Waals surface area contributed by atoms with Gasteiger partial charge in [0.1, 0.15) is 5.75 Å². The molecule has 0 saturated heterocycles. The molecule has 5 rings (SSSR count). The third kappa shape index (κ3) is 4.63. The lowest BCUT2D eigenvalue weighted by Gasteiger charge is -2.36. The Hall–Kier alpha value is -4.80. The predicted octanol–water partition coefficient (Wildman–Crippen LogP) is 6.03. The number of aliphatic imine (C=N–C) groups is 1. The fraction of sp³-hybridized carbons (Fsp3) is 0.207. The summed E-state index contributed by atoms with van der Waals surface area (Å²) in [7, 11) is 1.41. The molecule has 1 aromatic heterocycles. The summed E-state index contributed by atoms with van der Waals surface area (Å²) in [6, 6.07) is 20.2. The van der Waals surface area contributed by atoms with Crippen molar-refractivity contribution in [3.8, 4) is 17.3 Å². The largest absolute Gasteiger partial charge is 0.497 e. The molecule has 2 heterocycles. The average Bonchev–Trinajstić information content (AvgIpc) is 3.34. The Labute approximate surface area is 228 Å². The van der Waals surface area contributed by atoms with Crippen LogP contribution in [0.4, 0.5) is 18.9 Å². The number of methoxy groups -OCH3 is 1. The number of carbonyl (C=O) groups excluding carboxylic acids is 1. The highest BCUT2D eigenvalue weighted by Crippen LogP contribution is 2.54. The molecule has 8 nitrogen and oxygen atoms in total. The van der Waals surface area contributed by atoms with Gasteiger partial charge in [0.05, 0.1) is 25.0 Å². The molecule has 1 aliphatic rings. The van der Waals surface area contributed by atoms with Crippen LogP contribution in [0.5, 0.6) is 11.6 Å². The van der Waals surface area contributed by atoms with Gasteiger partial charge in [0.15, 0.2) is 5.69 Å². The number of fused-ring (bicyclic) bond motifs is 1. The number of nitrogens with one attached hydrogen (secondary N) is 1. The number of alkyl halides is 3. The zero-order chi connectivity index (χ0) is 28.5. The van der Waals surface area contributed by atoms with Crippen molar-refractivity contribution in [2.75, 3.05) is 19.0 Å². The number of ether oxygens (including phenoxy) is 3. The van der Waals surface area contributed by atoms with Gasteiger partial charge >= 0.3 is 12.1 Å². The van der Waals surface area contributed by atoms with E-state index in [0.29, 0.717) is 17.1 Å². The number of halogens is 3. The van der Waals surface area contributed by atoms with Crippen molar-refractivity contribution in [2.24, 2.45) is 4.99 Å². The topological polar surface area (TPSA) is 87.0 Å². The third-order valence-electron chi connectivity index (χ3n) is 6.36. The zero-order valence-corrected chi connectivity index (χ0v) is 21.8. The van der Waals surface area contributed by atoms with Crippen LogP contribution < -0.4 is 14.8 Å². The van der Waals surface area contributed by atoms with E-state index in [1.807, 2.05) is 6.92 Å². The number of aryl methyl sites for hydroxylation is 1. The summed E-state index contributed by atoms with van der Waals surface area (Å²) in [5.41, 5.74) is -2.72. The van der Waals surface area contributed by atoms with Crippen molar-refractivity contribution >= 4 is 17.7 Å². The summed E-state index contributed by atoms with van der Waals surface area (Å²) in [5, 5.41) is 7.15. The van der Waals surface area contributed by atoms with Crippen molar-refractivity contribution in [3.63, 3.8) is 0 Å². The number of esters is 1. The number of rotatable bonds is 6. The predicted molar refractivity (Wildman–Crippen MR) is 142 cm³/mol. The molecule has 40 heavy (non-hydrogen) atoms.